The highest BCUT2D eigenvalue weighted by molar-refractivity contribution is 6.03. The number of nitrogens with zero attached hydrogens (tertiary/aromatic N) is 4. The fraction of sp³-hybridized carbons (Fsp3) is 0.294. The van der Waals surface area contributed by atoms with E-state index in [1.807, 2.05) is 17.0 Å². The maximum Gasteiger partial charge on any atom is 0.276 e. The first-order chi connectivity index (χ1) is 12.2. The lowest BCUT2D eigenvalue weighted by molar-refractivity contribution is -0.118. The lowest BCUT2D eigenvalue weighted by Gasteiger charge is -2.32. The van der Waals surface area contributed by atoms with Crippen LogP contribution in [0.1, 0.15) is 10.5 Å². The minimum Gasteiger partial charge on any atom is -0.495 e. The molecule has 2 heterocycles. The Balaban J connectivity index is 1.66. The van der Waals surface area contributed by atoms with Crippen LogP contribution in [0.3, 0.4) is 0 Å². The van der Waals surface area contributed by atoms with Gasteiger partial charge in [-0.25, -0.2) is 0 Å². The number of amides is 2. The summed E-state index contributed by atoms with van der Waals surface area (Å²) in [5.74, 6) is 0.919. The van der Waals surface area contributed by atoms with E-state index in [4.69, 9.17) is 4.74 Å². The molecule has 130 valence electrons. The first-order valence-corrected chi connectivity index (χ1v) is 7.93. The molecular formula is C17H19N5O3. The number of methoxy groups -OCH3 is 1. The van der Waals surface area contributed by atoms with Gasteiger partial charge in [0.2, 0.25) is 6.41 Å². The van der Waals surface area contributed by atoms with Crippen molar-refractivity contribution in [1.29, 1.82) is 0 Å². The van der Waals surface area contributed by atoms with Gasteiger partial charge in [0.15, 0.2) is 11.5 Å². The van der Waals surface area contributed by atoms with Crippen LogP contribution in [0.25, 0.3) is 0 Å². The molecule has 1 aliphatic heterocycles. The van der Waals surface area contributed by atoms with Gasteiger partial charge in [-0.15, -0.1) is 10.2 Å². The van der Waals surface area contributed by atoms with Crippen molar-refractivity contribution in [2.45, 2.75) is 0 Å². The maximum atomic E-state index is 12.3. The summed E-state index contributed by atoms with van der Waals surface area (Å²) in [7, 11) is 1.55. The predicted molar refractivity (Wildman–Crippen MR) is 92.8 cm³/mol. The highest BCUT2D eigenvalue weighted by Gasteiger charge is 2.18. The third-order valence-corrected chi connectivity index (χ3v) is 4.03. The molecule has 1 fully saturated rings. The number of piperazine rings is 1. The van der Waals surface area contributed by atoms with Gasteiger partial charge in [-0.2, -0.15) is 0 Å². The van der Waals surface area contributed by atoms with Crippen molar-refractivity contribution in [3.05, 3.63) is 42.1 Å². The number of nitrogens with one attached hydrogen (secondary N) is 1. The topological polar surface area (TPSA) is 87.7 Å². The van der Waals surface area contributed by atoms with Gasteiger partial charge < -0.3 is 19.9 Å². The zero-order chi connectivity index (χ0) is 17.6. The van der Waals surface area contributed by atoms with E-state index in [-0.39, 0.29) is 11.6 Å². The van der Waals surface area contributed by atoms with Crippen LogP contribution in [0.5, 0.6) is 5.75 Å². The maximum absolute atomic E-state index is 12.3. The molecule has 8 heteroatoms. The molecule has 1 saturated heterocycles. The minimum atomic E-state index is -0.352. The summed E-state index contributed by atoms with van der Waals surface area (Å²) >= 11 is 0. The molecule has 0 bridgehead atoms. The standard InChI is InChI=1S/C17H19N5O3/c1-25-15-5-3-2-4-13(15)18-17(24)14-6-7-16(20-19-14)22-10-8-21(12-23)9-11-22/h2-7,12H,8-11H2,1H3,(H,18,24). The summed E-state index contributed by atoms with van der Waals surface area (Å²) in [4.78, 5) is 26.8. The van der Waals surface area contributed by atoms with Crippen LogP contribution in [0.4, 0.5) is 11.5 Å². The lowest BCUT2D eigenvalue weighted by atomic mass is 10.2. The van der Waals surface area contributed by atoms with Gasteiger partial charge >= 0.3 is 0 Å². The Bertz CT molecular complexity index is 742. The van der Waals surface area contributed by atoms with Crippen LogP contribution in [-0.4, -0.2) is 60.7 Å². The predicted octanol–water partition coefficient (Wildman–Crippen LogP) is 1.02. The summed E-state index contributed by atoms with van der Waals surface area (Å²) in [6.45, 7) is 2.70. The number of carbonyl (C=O) groups excluding carboxylic acids is 2. The van der Waals surface area contributed by atoms with Crippen LogP contribution in [0.2, 0.25) is 0 Å². The number of anilines is 2. The van der Waals surface area contributed by atoms with E-state index in [0.29, 0.717) is 43.4 Å². The lowest BCUT2D eigenvalue weighted by Crippen LogP contribution is -2.46. The molecule has 1 aromatic heterocycles. The van der Waals surface area contributed by atoms with Gasteiger partial charge in [0.25, 0.3) is 5.91 Å². The molecule has 3 rings (SSSR count). The third kappa shape index (κ3) is 3.85. The summed E-state index contributed by atoms with van der Waals surface area (Å²) in [6, 6.07) is 10.6. The van der Waals surface area contributed by atoms with Crippen molar-refractivity contribution >= 4 is 23.8 Å². The summed E-state index contributed by atoms with van der Waals surface area (Å²) in [5.41, 5.74) is 0.798. The van der Waals surface area contributed by atoms with Crippen LogP contribution in [0.15, 0.2) is 36.4 Å². The first-order valence-electron chi connectivity index (χ1n) is 7.93. The fourth-order valence-corrected chi connectivity index (χ4v) is 2.61. The smallest absolute Gasteiger partial charge is 0.276 e. The molecule has 1 N–H and O–H groups in total. The molecule has 1 aliphatic rings. The Hall–Kier alpha value is -3.16. The molecule has 2 amide bonds. The number of ether oxygens (including phenoxy) is 1. The monoisotopic (exact) mass is 341 g/mol. The average molecular weight is 341 g/mol. The van der Waals surface area contributed by atoms with Crippen molar-refractivity contribution in [3.63, 3.8) is 0 Å². The van der Waals surface area contributed by atoms with E-state index in [0.717, 1.165) is 6.41 Å². The number of para-hydroxylation sites is 2. The quantitative estimate of drug-likeness (QED) is 0.817. The Morgan fingerprint density at radius 3 is 2.52 bits per heavy atom. The molecule has 0 unspecified atom stereocenters. The van der Waals surface area contributed by atoms with Gasteiger partial charge in [0.1, 0.15) is 5.75 Å². The summed E-state index contributed by atoms with van der Waals surface area (Å²) in [6.07, 6.45) is 0.855. The number of aromatic nitrogens is 2. The van der Waals surface area contributed by atoms with E-state index in [1.165, 1.54) is 0 Å². The number of rotatable bonds is 5. The third-order valence-electron chi connectivity index (χ3n) is 4.03. The van der Waals surface area contributed by atoms with E-state index < -0.39 is 0 Å². The summed E-state index contributed by atoms with van der Waals surface area (Å²) < 4.78 is 5.21. The Kier molecular flexibility index (Phi) is 5.08. The van der Waals surface area contributed by atoms with Gasteiger partial charge in [-0.1, -0.05) is 12.1 Å². The van der Waals surface area contributed by atoms with E-state index in [1.54, 1.807) is 36.3 Å². The van der Waals surface area contributed by atoms with Crippen molar-refractivity contribution in [2.24, 2.45) is 0 Å². The summed E-state index contributed by atoms with van der Waals surface area (Å²) in [5, 5.41) is 10.9. The Morgan fingerprint density at radius 2 is 1.88 bits per heavy atom. The highest BCUT2D eigenvalue weighted by Crippen LogP contribution is 2.23. The van der Waals surface area contributed by atoms with Crippen LogP contribution >= 0.6 is 0 Å². The number of hydrogen-bond acceptors (Lipinski definition) is 6. The molecule has 0 spiro atoms. The van der Waals surface area contributed by atoms with Gasteiger partial charge in [-0.05, 0) is 24.3 Å². The molecule has 8 nitrogen and oxygen atoms in total. The van der Waals surface area contributed by atoms with E-state index in [9.17, 15) is 9.59 Å². The Morgan fingerprint density at radius 1 is 1.12 bits per heavy atom. The second-order valence-electron chi connectivity index (χ2n) is 5.56. The van der Waals surface area contributed by atoms with Crippen LogP contribution in [0, 0.1) is 0 Å². The Labute approximate surface area is 145 Å². The molecule has 25 heavy (non-hydrogen) atoms. The largest absolute Gasteiger partial charge is 0.495 e. The fourth-order valence-electron chi connectivity index (χ4n) is 2.61. The van der Waals surface area contributed by atoms with Crippen molar-refractivity contribution < 1.29 is 14.3 Å². The van der Waals surface area contributed by atoms with E-state index >= 15 is 0 Å². The van der Waals surface area contributed by atoms with Crippen molar-refractivity contribution in [3.8, 4) is 5.75 Å². The van der Waals surface area contributed by atoms with Crippen molar-refractivity contribution in [2.75, 3.05) is 43.5 Å². The number of carbonyl (C=O) groups is 2. The van der Waals surface area contributed by atoms with Gasteiger partial charge in [-0.3, -0.25) is 9.59 Å². The molecule has 2 aromatic rings. The molecule has 0 saturated carbocycles. The van der Waals surface area contributed by atoms with E-state index in [2.05, 4.69) is 15.5 Å². The highest BCUT2D eigenvalue weighted by atomic mass is 16.5. The second kappa shape index (κ2) is 7.61. The molecule has 0 atom stereocenters. The zero-order valence-corrected chi connectivity index (χ0v) is 13.9. The van der Waals surface area contributed by atoms with Crippen LogP contribution in [-0.2, 0) is 4.79 Å². The van der Waals surface area contributed by atoms with Crippen LogP contribution < -0.4 is 15.0 Å². The molecule has 1 aromatic carbocycles. The van der Waals surface area contributed by atoms with Gasteiger partial charge in [0.05, 0.1) is 12.8 Å². The number of benzene rings is 1. The normalized spacial score (nSPS) is 14.1. The zero-order valence-electron chi connectivity index (χ0n) is 13.9. The average Bonchev–Trinajstić information content (AvgIpc) is 2.68. The second-order valence-corrected chi connectivity index (χ2v) is 5.56. The number of hydrogen-bond donors (Lipinski definition) is 1. The van der Waals surface area contributed by atoms with Gasteiger partial charge in [0, 0.05) is 26.2 Å². The molecule has 0 aliphatic carbocycles. The SMILES string of the molecule is COc1ccccc1NC(=O)c1ccc(N2CCN(C=O)CC2)nn1. The molecule has 0 radical (unpaired) electrons. The first kappa shape index (κ1) is 16.7. The van der Waals surface area contributed by atoms with Crippen molar-refractivity contribution in [1.82, 2.24) is 15.1 Å². The minimum absolute atomic E-state index is 0.223. The molecular weight excluding hydrogens is 322 g/mol.